The van der Waals surface area contributed by atoms with Gasteiger partial charge in [0, 0.05) is 6.42 Å². The Labute approximate surface area is 82.9 Å². The van der Waals surface area contributed by atoms with Crippen molar-refractivity contribution in [3.63, 3.8) is 0 Å². The van der Waals surface area contributed by atoms with Crippen molar-refractivity contribution < 1.29 is 9.18 Å². The van der Waals surface area contributed by atoms with E-state index in [9.17, 15) is 9.18 Å². The molecule has 1 nitrogen and oxygen atoms in total. The molecule has 74 valence electrons. The molecule has 1 fully saturated rings. The molecular weight excluding hydrogens is 179 g/mol. The average molecular weight is 192 g/mol. The fourth-order valence-corrected chi connectivity index (χ4v) is 1.95. The first kappa shape index (κ1) is 9.38. The number of halogens is 1. The van der Waals surface area contributed by atoms with E-state index in [0.717, 1.165) is 19.1 Å². The molecule has 1 aliphatic rings. The maximum Gasteiger partial charge on any atom is 0.126 e. The summed E-state index contributed by atoms with van der Waals surface area (Å²) in [6.45, 7) is 0. The Morgan fingerprint density at radius 2 is 2.14 bits per heavy atom. The summed E-state index contributed by atoms with van der Waals surface area (Å²) < 4.78 is 13.4. The average Bonchev–Trinajstić information content (AvgIpc) is 2.99. The highest BCUT2D eigenvalue weighted by atomic mass is 19.1. The molecule has 1 saturated carbocycles. The molecule has 0 spiro atoms. The Bertz CT molecular complexity index is 331. The molecule has 0 aromatic heterocycles. The van der Waals surface area contributed by atoms with Crippen LogP contribution in [0, 0.1) is 11.7 Å². The van der Waals surface area contributed by atoms with Crippen LogP contribution in [0.4, 0.5) is 4.39 Å². The van der Waals surface area contributed by atoms with Gasteiger partial charge in [-0.1, -0.05) is 18.2 Å². The Hall–Kier alpha value is -1.18. The van der Waals surface area contributed by atoms with Crippen LogP contribution < -0.4 is 0 Å². The molecule has 2 heteroatoms. The lowest BCUT2D eigenvalue weighted by atomic mass is 9.91. The van der Waals surface area contributed by atoms with Crippen LogP contribution in [0.1, 0.15) is 30.7 Å². The third-order valence-electron chi connectivity index (χ3n) is 2.85. The van der Waals surface area contributed by atoms with E-state index in [4.69, 9.17) is 0 Å². The van der Waals surface area contributed by atoms with Gasteiger partial charge in [0.15, 0.2) is 0 Å². The molecule has 14 heavy (non-hydrogen) atoms. The van der Waals surface area contributed by atoms with E-state index in [0.29, 0.717) is 17.9 Å². The first-order valence-corrected chi connectivity index (χ1v) is 5.01. The van der Waals surface area contributed by atoms with Crippen molar-refractivity contribution >= 4 is 6.29 Å². The van der Waals surface area contributed by atoms with Crippen LogP contribution in [-0.2, 0) is 4.79 Å². The van der Waals surface area contributed by atoms with Gasteiger partial charge in [-0.15, -0.1) is 0 Å². The zero-order valence-corrected chi connectivity index (χ0v) is 7.95. The van der Waals surface area contributed by atoms with Crippen molar-refractivity contribution in [2.45, 2.75) is 25.2 Å². The molecule has 2 rings (SSSR count). The van der Waals surface area contributed by atoms with Crippen molar-refractivity contribution in [1.29, 1.82) is 0 Å². The van der Waals surface area contributed by atoms with Crippen molar-refractivity contribution in [3.8, 4) is 0 Å². The van der Waals surface area contributed by atoms with Crippen molar-refractivity contribution in [1.82, 2.24) is 0 Å². The Kier molecular flexibility index (Phi) is 2.62. The number of aldehydes is 1. The van der Waals surface area contributed by atoms with E-state index in [1.807, 2.05) is 6.07 Å². The van der Waals surface area contributed by atoms with E-state index in [2.05, 4.69) is 0 Å². The maximum atomic E-state index is 13.4. The highest BCUT2D eigenvalue weighted by Gasteiger charge is 2.33. The molecule has 1 aromatic rings. The monoisotopic (exact) mass is 192 g/mol. The largest absolute Gasteiger partial charge is 0.303 e. The summed E-state index contributed by atoms with van der Waals surface area (Å²) in [7, 11) is 0. The highest BCUT2D eigenvalue weighted by molar-refractivity contribution is 5.52. The topological polar surface area (TPSA) is 17.1 Å². The van der Waals surface area contributed by atoms with E-state index in [1.165, 1.54) is 6.07 Å². The summed E-state index contributed by atoms with van der Waals surface area (Å²) in [5, 5.41) is 0. The molecule has 0 radical (unpaired) electrons. The normalized spacial score (nSPS) is 17.8. The molecule has 1 aliphatic carbocycles. The van der Waals surface area contributed by atoms with E-state index >= 15 is 0 Å². The van der Waals surface area contributed by atoms with Crippen LogP contribution in [-0.4, -0.2) is 6.29 Å². The van der Waals surface area contributed by atoms with Gasteiger partial charge in [0.2, 0.25) is 0 Å². The number of hydrogen-bond donors (Lipinski definition) is 0. The Morgan fingerprint density at radius 1 is 1.43 bits per heavy atom. The highest BCUT2D eigenvalue weighted by Crippen LogP contribution is 2.44. The van der Waals surface area contributed by atoms with Crippen LogP contribution >= 0.6 is 0 Å². The van der Waals surface area contributed by atoms with Crippen LogP contribution in [0.3, 0.4) is 0 Å². The minimum absolute atomic E-state index is 0.105. The zero-order valence-electron chi connectivity index (χ0n) is 7.95. The third kappa shape index (κ3) is 1.84. The lowest BCUT2D eigenvalue weighted by Gasteiger charge is -2.13. The number of carbonyl (C=O) groups is 1. The standard InChI is InChI=1S/C12H13FO/c13-12-4-2-1-3-11(12)10(7-8-14)9-5-6-9/h1-4,8-10H,5-7H2. The second-order valence-electron chi connectivity index (χ2n) is 3.87. The Balaban J connectivity index is 2.25. The van der Waals surface area contributed by atoms with E-state index in [-0.39, 0.29) is 11.7 Å². The minimum atomic E-state index is -0.175. The number of carbonyl (C=O) groups excluding carboxylic acids is 1. The van der Waals surface area contributed by atoms with Crippen molar-refractivity contribution in [3.05, 3.63) is 35.6 Å². The van der Waals surface area contributed by atoms with E-state index < -0.39 is 0 Å². The maximum absolute atomic E-state index is 13.4. The summed E-state index contributed by atoms with van der Waals surface area (Å²) in [4.78, 5) is 10.5. The van der Waals surface area contributed by atoms with Crippen LogP contribution in [0.25, 0.3) is 0 Å². The second-order valence-corrected chi connectivity index (χ2v) is 3.87. The fraction of sp³-hybridized carbons (Fsp3) is 0.417. The van der Waals surface area contributed by atoms with Gasteiger partial charge in [0.25, 0.3) is 0 Å². The van der Waals surface area contributed by atoms with Crippen LogP contribution in [0.2, 0.25) is 0 Å². The van der Waals surface area contributed by atoms with Gasteiger partial charge in [-0.2, -0.15) is 0 Å². The SMILES string of the molecule is O=CCC(c1ccccc1F)C1CC1. The molecule has 0 heterocycles. The van der Waals surface area contributed by atoms with Crippen molar-refractivity contribution in [2.75, 3.05) is 0 Å². The lowest BCUT2D eigenvalue weighted by Crippen LogP contribution is -2.04. The van der Waals surface area contributed by atoms with Gasteiger partial charge in [0.1, 0.15) is 12.1 Å². The number of rotatable bonds is 4. The van der Waals surface area contributed by atoms with Crippen LogP contribution in [0.5, 0.6) is 0 Å². The Morgan fingerprint density at radius 3 is 2.71 bits per heavy atom. The van der Waals surface area contributed by atoms with Gasteiger partial charge in [-0.05, 0) is 36.3 Å². The van der Waals surface area contributed by atoms with Gasteiger partial charge >= 0.3 is 0 Å². The van der Waals surface area contributed by atoms with Crippen LogP contribution in [0.15, 0.2) is 24.3 Å². The number of benzene rings is 1. The molecular formula is C12H13FO. The summed E-state index contributed by atoms with van der Waals surface area (Å²) in [6, 6.07) is 6.78. The molecule has 0 amide bonds. The summed E-state index contributed by atoms with van der Waals surface area (Å²) in [5.41, 5.74) is 0.710. The first-order valence-electron chi connectivity index (χ1n) is 5.01. The summed E-state index contributed by atoms with van der Waals surface area (Å²) >= 11 is 0. The molecule has 1 atom stereocenters. The van der Waals surface area contributed by atoms with Gasteiger partial charge in [-0.25, -0.2) is 4.39 Å². The molecule has 0 bridgehead atoms. The summed E-state index contributed by atoms with van der Waals surface area (Å²) in [5.74, 6) is 0.456. The fourth-order valence-electron chi connectivity index (χ4n) is 1.95. The van der Waals surface area contributed by atoms with E-state index in [1.54, 1.807) is 12.1 Å². The minimum Gasteiger partial charge on any atom is -0.303 e. The smallest absolute Gasteiger partial charge is 0.126 e. The predicted octanol–water partition coefficient (Wildman–Crippen LogP) is 2.91. The molecule has 1 unspecified atom stereocenters. The molecule has 0 N–H and O–H groups in total. The molecule has 0 saturated heterocycles. The molecule has 0 aliphatic heterocycles. The third-order valence-corrected chi connectivity index (χ3v) is 2.85. The van der Waals surface area contributed by atoms with Gasteiger partial charge in [0.05, 0.1) is 0 Å². The second kappa shape index (κ2) is 3.91. The summed E-state index contributed by atoms with van der Waals surface area (Å²) in [6.07, 6.45) is 3.61. The zero-order chi connectivity index (χ0) is 9.97. The quantitative estimate of drug-likeness (QED) is 0.670. The van der Waals surface area contributed by atoms with Gasteiger partial charge < -0.3 is 4.79 Å². The lowest BCUT2D eigenvalue weighted by molar-refractivity contribution is -0.108. The first-order chi connectivity index (χ1) is 6.83. The van der Waals surface area contributed by atoms with Gasteiger partial charge in [-0.3, -0.25) is 0 Å². The molecule has 1 aromatic carbocycles. The predicted molar refractivity (Wildman–Crippen MR) is 52.5 cm³/mol. The van der Waals surface area contributed by atoms with Crippen molar-refractivity contribution in [2.24, 2.45) is 5.92 Å². The number of hydrogen-bond acceptors (Lipinski definition) is 1.